The second kappa shape index (κ2) is 5.94. The van der Waals surface area contributed by atoms with Crippen LogP contribution in [-0.4, -0.2) is 11.5 Å². The molecule has 3 heteroatoms. The molecule has 0 saturated carbocycles. The van der Waals surface area contributed by atoms with Crippen molar-refractivity contribution >= 4 is 0 Å². The molecule has 0 aliphatic heterocycles. The van der Waals surface area contributed by atoms with E-state index in [1.165, 1.54) is 5.56 Å². The van der Waals surface area contributed by atoms with Gasteiger partial charge in [0.2, 0.25) is 6.43 Å². The van der Waals surface area contributed by atoms with Gasteiger partial charge in [-0.05, 0) is 23.5 Å². The van der Waals surface area contributed by atoms with E-state index < -0.39 is 19.0 Å². The molecule has 1 aromatic carbocycles. The second-order valence-corrected chi connectivity index (χ2v) is 4.48. The summed E-state index contributed by atoms with van der Waals surface area (Å²) in [6.07, 6.45) is -3.06. The minimum Gasteiger partial charge on any atom is -0.388 e. The van der Waals surface area contributed by atoms with Gasteiger partial charge in [-0.1, -0.05) is 38.1 Å². The van der Waals surface area contributed by atoms with E-state index in [1.807, 2.05) is 12.1 Å². The van der Waals surface area contributed by atoms with Crippen LogP contribution in [0.1, 0.15) is 37.5 Å². The van der Waals surface area contributed by atoms with Gasteiger partial charge in [-0.2, -0.15) is 0 Å². The Labute approximate surface area is 95.1 Å². The van der Waals surface area contributed by atoms with E-state index in [9.17, 15) is 13.9 Å². The molecule has 0 amide bonds. The number of hydrogen-bond donors (Lipinski definition) is 1. The average molecular weight is 228 g/mol. The largest absolute Gasteiger partial charge is 0.388 e. The van der Waals surface area contributed by atoms with Crippen molar-refractivity contribution in [2.24, 2.45) is 5.92 Å². The molecule has 0 aromatic heterocycles. The van der Waals surface area contributed by atoms with Crippen LogP contribution < -0.4 is 0 Å². The molecular weight excluding hydrogens is 210 g/mol. The van der Waals surface area contributed by atoms with Crippen molar-refractivity contribution in [2.45, 2.75) is 39.2 Å². The summed E-state index contributed by atoms with van der Waals surface area (Å²) in [6, 6.07) is 7.24. The Morgan fingerprint density at radius 3 is 2.12 bits per heavy atom. The van der Waals surface area contributed by atoms with E-state index in [0.717, 1.165) is 6.42 Å². The van der Waals surface area contributed by atoms with Gasteiger partial charge in [-0.25, -0.2) is 8.78 Å². The fourth-order valence-corrected chi connectivity index (χ4v) is 1.65. The molecule has 0 fully saturated rings. The quantitative estimate of drug-likeness (QED) is 0.816. The van der Waals surface area contributed by atoms with Crippen molar-refractivity contribution in [3.05, 3.63) is 35.4 Å². The molecule has 0 saturated heterocycles. The third-order valence-corrected chi connectivity index (χ3v) is 2.41. The predicted octanol–water partition coefficient (Wildman–Crippen LogP) is 3.57. The van der Waals surface area contributed by atoms with Crippen LogP contribution in [-0.2, 0) is 6.42 Å². The number of rotatable bonds is 5. The van der Waals surface area contributed by atoms with Gasteiger partial charge in [-0.15, -0.1) is 0 Å². The number of alkyl halides is 2. The maximum absolute atomic E-state index is 12.1. The molecule has 1 rings (SSSR count). The SMILES string of the molecule is CC(C)Cc1ccc(C(O)CC(F)F)cc1. The number of aliphatic hydroxyl groups is 1. The lowest BCUT2D eigenvalue weighted by atomic mass is 9.99. The minimum absolute atomic E-state index is 0.497. The monoisotopic (exact) mass is 228 g/mol. The zero-order valence-corrected chi connectivity index (χ0v) is 9.66. The molecule has 0 aliphatic carbocycles. The first kappa shape index (κ1) is 13.1. The Kier molecular flexibility index (Phi) is 4.87. The van der Waals surface area contributed by atoms with Crippen LogP contribution in [0.25, 0.3) is 0 Å². The molecule has 1 N–H and O–H groups in total. The van der Waals surface area contributed by atoms with Crippen LogP contribution in [0, 0.1) is 5.92 Å². The van der Waals surface area contributed by atoms with E-state index in [-0.39, 0.29) is 0 Å². The summed E-state index contributed by atoms with van der Waals surface area (Å²) in [5, 5.41) is 9.48. The van der Waals surface area contributed by atoms with Crippen LogP contribution in [0.5, 0.6) is 0 Å². The minimum atomic E-state index is -2.47. The highest BCUT2D eigenvalue weighted by Crippen LogP contribution is 2.21. The molecule has 90 valence electrons. The summed E-state index contributed by atoms with van der Waals surface area (Å²) >= 11 is 0. The van der Waals surface area contributed by atoms with Crippen LogP contribution in [0.3, 0.4) is 0 Å². The van der Waals surface area contributed by atoms with E-state index in [1.54, 1.807) is 12.1 Å². The standard InChI is InChI=1S/C13H18F2O/c1-9(2)7-10-3-5-11(6-4-10)12(16)8-13(14)15/h3-6,9,12-13,16H,7-8H2,1-2H3. The normalized spacial score (nSPS) is 13.4. The highest BCUT2D eigenvalue weighted by Gasteiger charge is 2.13. The van der Waals surface area contributed by atoms with Gasteiger partial charge in [0.05, 0.1) is 6.10 Å². The van der Waals surface area contributed by atoms with Gasteiger partial charge in [0.1, 0.15) is 0 Å². The zero-order chi connectivity index (χ0) is 12.1. The summed E-state index contributed by atoms with van der Waals surface area (Å²) < 4.78 is 24.1. The summed E-state index contributed by atoms with van der Waals surface area (Å²) in [7, 11) is 0. The van der Waals surface area contributed by atoms with Crippen LogP contribution in [0.15, 0.2) is 24.3 Å². The lowest BCUT2D eigenvalue weighted by molar-refractivity contribution is 0.0611. The molecular formula is C13H18F2O. The summed E-state index contributed by atoms with van der Waals surface area (Å²) in [5.74, 6) is 0.567. The van der Waals surface area contributed by atoms with Crippen LogP contribution in [0.2, 0.25) is 0 Å². The Morgan fingerprint density at radius 2 is 1.69 bits per heavy atom. The molecule has 1 aromatic rings. The molecule has 0 radical (unpaired) electrons. The second-order valence-electron chi connectivity index (χ2n) is 4.48. The van der Waals surface area contributed by atoms with Gasteiger partial charge >= 0.3 is 0 Å². The zero-order valence-electron chi connectivity index (χ0n) is 9.66. The first-order valence-electron chi connectivity index (χ1n) is 5.54. The molecule has 16 heavy (non-hydrogen) atoms. The Bertz CT molecular complexity index is 306. The maximum Gasteiger partial charge on any atom is 0.241 e. The van der Waals surface area contributed by atoms with Crippen molar-refractivity contribution in [2.75, 3.05) is 0 Å². The first-order chi connectivity index (χ1) is 7.49. The summed E-state index contributed by atoms with van der Waals surface area (Å²) in [5.41, 5.74) is 1.73. The first-order valence-corrected chi connectivity index (χ1v) is 5.54. The molecule has 0 aliphatic rings. The predicted molar refractivity (Wildman–Crippen MR) is 60.6 cm³/mol. The van der Waals surface area contributed by atoms with E-state index in [2.05, 4.69) is 13.8 Å². The number of halogens is 2. The molecule has 0 spiro atoms. The molecule has 0 heterocycles. The topological polar surface area (TPSA) is 20.2 Å². The summed E-state index contributed by atoms with van der Waals surface area (Å²) in [4.78, 5) is 0. The van der Waals surface area contributed by atoms with E-state index >= 15 is 0 Å². The van der Waals surface area contributed by atoms with Gasteiger partial charge < -0.3 is 5.11 Å². The summed E-state index contributed by atoms with van der Waals surface area (Å²) in [6.45, 7) is 4.25. The molecule has 1 unspecified atom stereocenters. The Morgan fingerprint density at radius 1 is 1.12 bits per heavy atom. The van der Waals surface area contributed by atoms with E-state index in [4.69, 9.17) is 0 Å². The smallest absolute Gasteiger partial charge is 0.241 e. The van der Waals surface area contributed by atoms with Crippen LogP contribution in [0.4, 0.5) is 8.78 Å². The van der Waals surface area contributed by atoms with Crippen molar-refractivity contribution in [3.63, 3.8) is 0 Å². The Hall–Kier alpha value is -0.960. The highest BCUT2D eigenvalue weighted by atomic mass is 19.3. The number of aliphatic hydroxyl groups excluding tert-OH is 1. The maximum atomic E-state index is 12.1. The van der Waals surface area contributed by atoms with Crippen LogP contribution >= 0.6 is 0 Å². The van der Waals surface area contributed by atoms with E-state index in [0.29, 0.717) is 11.5 Å². The van der Waals surface area contributed by atoms with Gasteiger partial charge in [0.25, 0.3) is 0 Å². The third kappa shape index (κ3) is 4.27. The van der Waals surface area contributed by atoms with Gasteiger partial charge in [0, 0.05) is 6.42 Å². The highest BCUT2D eigenvalue weighted by molar-refractivity contribution is 5.24. The van der Waals surface area contributed by atoms with Crippen molar-refractivity contribution in [3.8, 4) is 0 Å². The van der Waals surface area contributed by atoms with Crippen molar-refractivity contribution in [1.29, 1.82) is 0 Å². The number of benzene rings is 1. The third-order valence-electron chi connectivity index (χ3n) is 2.41. The Balaban J connectivity index is 2.63. The molecule has 1 atom stereocenters. The lowest BCUT2D eigenvalue weighted by Gasteiger charge is -2.11. The lowest BCUT2D eigenvalue weighted by Crippen LogP contribution is -2.03. The van der Waals surface area contributed by atoms with Crippen molar-refractivity contribution in [1.82, 2.24) is 0 Å². The van der Waals surface area contributed by atoms with Crippen molar-refractivity contribution < 1.29 is 13.9 Å². The number of hydrogen-bond acceptors (Lipinski definition) is 1. The molecule has 0 bridgehead atoms. The fourth-order valence-electron chi connectivity index (χ4n) is 1.65. The van der Waals surface area contributed by atoms with Gasteiger partial charge in [0.15, 0.2) is 0 Å². The van der Waals surface area contributed by atoms with Gasteiger partial charge in [-0.3, -0.25) is 0 Å². The molecule has 1 nitrogen and oxygen atoms in total. The average Bonchev–Trinajstić information content (AvgIpc) is 2.16. The fraction of sp³-hybridized carbons (Fsp3) is 0.538.